The number of nitrogens with one attached hydrogen (secondary N) is 2. The molecule has 0 spiro atoms. The van der Waals surface area contributed by atoms with Crippen molar-refractivity contribution in [2.45, 2.75) is 52.0 Å². The zero-order chi connectivity index (χ0) is 12.3. The molecule has 0 bridgehead atoms. The van der Waals surface area contributed by atoms with E-state index in [9.17, 15) is 0 Å². The molecule has 2 N–H and O–H groups in total. The summed E-state index contributed by atoms with van der Waals surface area (Å²) < 4.78 is 0. The van der Waals surface area contributed by atoms with Gasteiger partial charge in [0.05, 0.1) is 0 Å². The lowest BCUT2D eigenvalue weighted by atomic mass is 10.2. The van der Waals surface area contributed by atoms with Crippen molar-refractivity contribution in [2.24, 2.45) is 0 Å². The molecule has 102 valence electrons. The third kappa shape index (κ3) is 8.58. The molecule has 1 aliphatic heterocycles. The van der Waals surface area contributed by atoms with E-state index in [2.05, 4.69) is 29.4 Å². The van der Waals surface area contributed by atoms with Gasteiger partial charge in [-0.25, -0.2) is 0 Å². The van der Waals surface area contributed by atoms with Gasteiger partial charge in [0.2, 0.25) is 0 Å². The van der Waals surface area contributed by atoms with Crippen LogP contribution in [-0.2, 0) is 0 Å². The maximum atomic E-state index is 3.51. The van der Waals surface area contributed by atoms with Gasteiger partial charge < -0.3 is 15.5 Å². The van der Waals surface area contributed by atoms with E-state index >= 15 is 0 Å². The maximum absolute atomic E-state index is 3.51. The van der Waals surface area contributed by atoms with E-state index < -0.39 is 0 Å². The molecule has 1 aliphatic rings. The Morgan fingerprint density at radius 3 is 2.29 bits per heavy atom. The van der Waals surface area contributed by atoms with Crippen LogP contribution in [0.2, 0.25) is 0 Å². The fraction of sp³-hybridized carbons (Fsp3) is 1.00. The first-order chi connectivity index (χ1) is 8.29. The fourth-order valence-electron chi connectivity index (χ4n) is 2.36. The van der Waals surface area contributed by atoms with Crippen molar-refractivity contribution in [3.63, 3.8) is 0 Å². The van der Waals surface area contributed by atoms with E-state index in [4.69, 9.17) is 0 Å². The van der Waals surface area contributed by atoms with Gasteiger partial charge in [0.1, 0.15) is 0 Å². The van der Waals surface area contributed by atoms with Crippen molar-refractivity contribution in [2.75, 3.05) is 39.3 Å². The Morgan fingerprint density at radius 2 is 1.65 bits per heavy atom. The summed E-state index contributed by atoms with van der Waals surface area (Å²) in [5.74, 6) is 0. The molecule has 0 aromatic heterocycles. The van der Waals surface area contributed by atoms with Gasteiger partial charge in [-0.1, -0.05) is 26.7 Å². The fourth-order valence-corrected chi connectivity index (χ4v) is 2.36. The van der Waals surface area contributed by atoms with Gasteiger partial charge in [0.25, 0.3) is 0 Å². The highest BCUT2D eigenvalue weighted by Gasteiger charge is 2.07. The van der Waals surface area contributed by atoms with Gasteiger partial charge in [-0.3, -0.25) is 0 Å². The third-order valence-corrected chi connectivity index (χ3v) is 3.38. The smallest absolute Gasteiger partial charge is 0.00790 e. The Kier molecular flexibility index (Phi) is 8.67. The SMILES string of the molecule is CC(C)NCCNCCCN1CCCCCC1. The number of hydrogen-bond acceptors (Lipinski definition) is 3. The summed E-state index contributed by atoms with van der Waals surface area (Å²) in [7, 11) is 0. The summed E-state index contributed by atoms with van der Waals surface area (Å²) in [6.45, 7) is 11.7. The monoisotopic (exact) mass is 241 g/mol. The van der Waals surface area contributed by atoms with Crippen LogP contribution in [0.1, 0.15) is 46.0 Å². The summed E-state index contributed by atoms with van der Waals surface area (Å²) in [6, 6.07) is 0.605. The molecular formula is C14H31N3. The van der Waals surface area contributed by atoms with Gasteiger partial charge in [0.15, 0.2) is 0 Å². The molecule has 0 aliphatic carbocycles. The number of likely N-dealkylation sites (tertiary alicyclic amines) is 1. The van der Waals surface area contributed by atoms with Crippen LogP contribution in [0.25, 0.3) is 0 Å². The summed E-state index contributed by atoms with van der Waals surface area (Å²) in [5, 5.41) is 6.93. The summed E-state index contributed by atoms with van der Waals surface area (Å²) in [6.07, 6.45) is 6.99. The molecule has 0 amide bonds. The standard InChI is InChI=1S/C14H31N3/c1-14(2)16-10-9-15-8-7-13-17-11-5-3-4-6-12-17/h14-16H,3-13H2,1-2H3. The minimum Gasteiger partial charge on any atom is -0.315 e. The van der Waals surface area contributed by atoms with Crippen molar-refractivity contribution >= 4 is 0 Å². The van der Waals surface area contributed by atoms with Crippen LogP contribution in [0.15, 0.2) is 0 Å². The predicted molar refractivity (Wildman–Crippen MR) is 75.5 cm³/mol. The normalized spacial score (nSPS) is 18.5. The zero-order valence-corrected chi connectivity index (χ0v) is 11.8. The first-order valence-electron chi connectivity index (χ1n) is 7.45. The van der Waals surface area contributed by atoms with Gasteiger partial charge in [-0.2, -0.15) is 0 Å². The van der Waals surface area contributed by atoms with Crippen LogP contribution >= 0.6 is 0 Å². The molecule has 1 fully saturated rings. The van der Waals surface area contributed by atoms with Crippen LogP contribution in [0.3, 0.4) is 0 Å². The predicted octanol–water partition coefficient (Wildman–Crippen LogP) is 1.84. The van der Waals surface area contributed by atoms with Gasteiger partial charge in [-0.15, -0.1) is 0 Å². The Balaban J connectivity index is 1.86. The Hall–Kier alpha value is -0.120. The van der Waals surface area contributed by atoms with Crippen LogP contribution in [0.5, 0.6) is 0 Å². The third-order valence-electron chi connectivity index (χ3n) is 3.38. The minimum atomic E-state index is 0.605. The van der Waals surface area contributed by atoms with E-state index in [1.165, 1.54) is 51.7 Å². The minimum absolute atomic E-state index is 0.605. The van der Waals surface area contributed by atoms with Crippen LogP contribution in [0.4, 0.5) is 0 Å². The lowest BCUT2D eigenvalue weighted by Crippen LogP contribution is -2.33. The summed E-state index contributed by atoms with van der Waals surface area (Å²) in [5.41, 5.74) is 0. The van der Waals surface area contributed by atoms with Gasteiger partial charge in [-0.05, 0) is 45.4 Å². The second-order valence-electron chi connectivity index (χ2n) is 5.47. The number of nitrogens with zero attached hydrogens (tertiary/aromatic N) is 1. The molecule has 3 nitrogen and oxygen atoms in total. The quantitative estimate of drug-likeness (QED) is 0.635. The first kappa shape index (κ1) is 14.9. The van der Waals surface area contributed by atoms with E-state index in [1.807, 2.05) is 0 Å². The topological polar surface area (TPSA) is 27.3 Å². The van der Waals surface area contributed by atoms with E-state index in [1.54, 1.807) is 0 Å². The summed E-state index contributed by atoms with van der Waals surface area (Å²) >= 11 is 0. The molecule has 0 unspecified atom stereocenters. The van der Waals surface area contributed by atoms with Crippen LogP contribution < -0.4 is 10.6 Å². The van der Waals surface area contributed by atoms with Gasteiger partial charge in [0, 0.05) is 19.1 Å². The molecule has 0 radical (unpaired) electrons. The molecule has 1 saturated heterocycles. The van der Waals surface area contributed by atoms with Crippen LogP contribution in [-0.4, -0.2) is 50.2 Å². The largest absolute Gasteiger partial charge is 0.315 e. The lowest BCUT2D eigenvalue weighted by Gasteiger charge is -2.19. The molecule has 0 aromatic carbocycles. The van der Waals surface area contributed by atoms with Crippen molar-refractivity contribution < 1.29 is 0 Å². The Bertz CT molecular complexity index is 163. The highest BCUT2D eigenvalue weighted by atomic mass is 15.1. The molecule has 3 heteroatoms. The van der Waals surface area contributed by atoms with E-state index in [0.717, 1.165) is 19.6 Å². The summed E-state index contributed by atoms with van der Waals surface area (Å²) in [4.78, 5) is 2.64. The lowest BCUT2D eigenvalue weighted by molar-refractivity contribution is 0.280. The molecule has 1 rings (SSSR count). The van der Waals surface area contributed by atoms with Crippen LogP contribution in [0, 0.1) is 0 Å². The number of rotatable bonds is 8. The van der Waals surface area contributed by atoms with Crippen molar-refractivity contribution in [3.05, 3.63) is 0 Å². The highest BCUT2D eigenvalue weighted by Crippen LogP contribution is 2.09. The average molecular weight is 241 g/mol. The van der Waals surface area contributed by atoms with Crippen molar-refractivity contribution in [3.8, 4) is 0 Å². The van der Waals surface area contributed by atoms with Crippen molar-refractivity contribution in [1.82, 2.24) is 15.5 Å². The average Bonchev–Trinajstić information content (AvgIpc) is 2.56. The Morgan fingerprint density at radius 1 is 0.941 bits per heavy atom. The molecular weight excluding hydrogens is 210 g/mol. The number of hydrogen-bond donors (Lipinski definition) is 2. The highest BCUT2D eigenvalue weighted by molar-refractivity contribution is 4.64. The van der Waals surface area contributed by atoms with E-state index in [-0.39, 0.29) is 0 Å². The van der Waals surface area contributed by atoms with Crippen molar-refractivity contribution in [1.29, 1.82) is 0 Å². The second-order valence-corrected chi connectivity index (χ2v) is 5.47. The van der Waals surface area contributed by atoms with E-state index in [0.29, 0.717) is 6.04 Å². The zero-order valence-electron chi connectivity index (χ0n) is 11.8. The molecule has 17 heavy (non-hydrogen) atoms. The molecule has 0 atom stereocenters. The first-order valence-corrected chi connectivity index (χ1v) is 7.45. The molecule has 0 saturated carbocycles. The second kappa shape index (κ2) is 9.86. The molecule has 0 aromatic rings. The van der Waals surface area contributed by atoms with Gasteiger partial charge >= 0.3 is 0 Å². The maximum Gasteiger partial charge on any atom is 0.00790 e. The molecule has 1 heterocycles. The Labute approximate surface area is 107 Å².